The average Bonchev–Trinajstić information content (AvgIpc) is 3.30. The van der Waals surface area contributed by atoms with Gasteiger partial charge in [0.1, 0.15) is 11.6 Å². The number of amides is 1. The summed E-state index contributed by atoms with van der Waals surface area (Å²) < 4.78 is 1.97. The van der Waals surface area contributed by atoms with Crippen LogP contribution in [0.1, 0.15) is 40.4 Å². The number of hydrogen-bond acceptors (Lipinski definition) is 5. The number of nitrogens with one attached hydrogen (secondary N) is 2. The van der Waals surface area contributed by atoms with Crippen LogP contribution < -0.4 is 16.8 Å². The van der Waals surface area contributed by atoms with E-state index in [0.717, 1.165) is 52.1 Å². The Labute approximate surface area is 174 Å². The van der Waals surface area contributed by atoms with E-state index < -0.39 is 0 Å². The maximum atomic E-state index is 12.7. The molecule has 2 aromatic carbocycles. The van der Waals surface area contributed by atoms with Crippen molar-refractivity contribution < 1.29 is 4.79 Å². The molecule has 0 aliphatic heterocycles. The van der Waals surface area contributed by atoms with Crippen LogP contribution in [0.2, 0.25) is 0 Å². The Bertz CT molecular complexity index is 1190. The monoisotopic (exact) mass is 405 g/mol. The van der Waals surface area contributed by atoms with Gasteiger partial charge in [0.25, 0.3) is 5.91 Å². The number of nitrogens with zero attached hydrogens (tertiary/aromatic N) is 3. The maximum absolute atomic E-state index is 12.7. The molecule has 0 saturated heterocycles. The number of aromatic nitrogens is 4. The number of unbranched alkanes of at least 4 members (excludes halogenated alkanes) is 1. The molecule has 0 radical (unpaired) electrons. The van der Waals surface area contributed by atoms with E-state index in [1.807, 2.05) is 48.0 Å². The van der Waals surface area contributed by atoms with Crippen LogP contribution in [0, 0.1) is 0 Å². The van der Waals surface area contributed by atoms with Crippen LogP contribution in [-0.4, -0.2) is 38.5 Å². The number of imidazole rings is 2. The van der Waals surface area contributed by atoms with E-state index in [4.69, 9.17) is 16.5 Å². The zero-order chi connectivity index (χ0) is 21.1. The number of nitrogens with two attached hydrogens (primary N) is 2. The summed E-state index contributed by atoms with van der Waals surface area (Å²) in [6, 6.07) is 11.6. The third kappa shape index (κ3) is 3.92. The molecule has 0 bridgehead atoms. The number of aromatic amines is 1. The van der Waals surface area contributed by atoms with E-state index in [-0.39, 0.29) is 5.91 Å². The Balaban J connectivity index is 1.61. The predicted octanol–water partition coefficient (Wildman–Crippen LogP) is 1.97. The van der Waals surface area contributed by atoms with Crippen LogP contribution in [0.3, 0.4) is 0 Å². The van der Waals surface area contributed by atoms with Crippen molar-refractivity contribution in [1.29, 1.82) is 0 Å². The molecule has 1 amide bonds. The van der Waals surface area contributed by atoms with Gasteiger partial charge in [0.15, 0.2) is 0 Å². The van der Waals surface area contributed by atoms with Crippen LogP contribution in [0.5, 0.6) is 0 Å². The Kier molecular flexibility index (Phi) is 5.78. The molecule has 4 aromatic rings. The van der Waals surface area contributed by atoms with Gasteiger partial charge in [0.05, 0.1) is 34.1 Å². The molecule has 0 saturated carbocycles. The largest absolute Gasteiger partial charge is 0.352 e. The first-order valence-electron chi connectivity index (χ1n) is 10.2. The van der Waals surface area contributed by atoms with Gasteiger partial charge in [-0.2, -0.15) is 0 Å². The fraction of sp³-hybridized carbons (Fsp3) is 0.318. The molecule has 0 unspecified atom stereocenters. The number of benzene rings is 2. The maximum Gasteiger partial charge on any atom is 0.253 e. The lowest BCUT2D eigenvalue weighted by Gasteiger charge is -2.08. The lowest BCUT2D eigenvalue weighted by molar-refractivity contribution is 0.0954. The molecule has 2 aromatic heterocycles. The molecule has 0 spiro atoms. The highest BCUT2D eigenvalue weighted by molar-refractivity contribution is 6.05. The minimum absolute atomic E-state index is 0.0924. The molecule has 30 heavy (non-hydrogen) atoms. The summed E-state index contributed by atoms with van der Waals surface area (Å²) in [5, 5.41) is 2.98. The van der Waals surface area contributed by atoms with E-state index in [1.165, 1.54) is 0 Å². The molecule has 2 heterocycles. The summed E-state index contributed by atoms with van der Waals surface area (Å²) in [6.45, 7) is 1.74. The number of aryl methyl sites for hydroxylation is 1. The zero-order valence-electron chi connectivity index (χ0n) is 17.1. The quantitative estimate of drug-likeness (QED) is 0.333. The molecule has 4 rings (SSSR count). The van der Waals surface area contributed by atoms with Crippen LogP contribution in [-0.2, 0) is 20.0 Å². The van der Waals surface area contributed by atoms with Crippen LogP contribution in [0.4, 0.5) is 0 Å². The van der Waals surface area contributed by atoms with Crippen molar-refractivity contribution >= 4 is 28.0 Å². The summed E-state index contributed by atoms with van der Waals surface area (Å²) in [7, 11) is 1.94. The Morgan fingerprint density at radius 2 is 2.00 bits per heavy atom. The standard InChI is InChI=1S/C22H27N7O/c1-29-20(12-19-26-16-8-7-14(13-24)11-18(16)27-19)28-17-6-4-5-15(21(17)29)22(30)25-10-3-2-9-23/h4-8,11H,2-3,9-10,12-13,23-24H2,1H3,(H,25,30)(H,26,27). The molecule has 0 aliphatic carbocycles. The number of fused-ring (bicyclic) bond motifs is 2. The van der Waals surface area contributed by atoms with Crippen molar-refractivity contribution in [2.45, 2.75) is 25.8 Å². The second kappa shape index (κ2) is 8.64. The smallest absolute Gasteiger partial charge is 0.253 e. The van der Waals surface area contributed by atoms with Gasteiger partial charge in [0.2, 0.25) is 0 Å². The van der Waals surface area contributed by atoms with Crippen molar-refractivity contribution in [2.24, 2.45) is 18.5 Å². The van der Waals surface area contributed by atoms with Crippen molar-refractivity contribution in [3.05, 3.63) is 59.2 Å². The van der Waals surface area contributed by atoms with Gasteiger partial charge in [-0.3, -0.25) is 4.79 Å². The summed E-state index contributed by atoms with van der Waals surface area (Å²) in [4.78, 5) is 25.5. The third-order valence-corrected chi connectivity index (χ3v) is 5.30. The average molecular weight is 406 g/mol. The molecule has 8 heteroatoms. The van der Waals surface area contributed by atoms with Gasteiger partial charge >= 0.3 is 0 Å². The summed E-state index contributed by atoms with van der Waals surface area (Å²) in [5.74, 6) is 1.57. The number of rotatable bonds is 8. The minimum atomic E-state index is -0.0924. The van der Waals surface area contributed by atoms with Crippen LogP contribution in [0.15, 0.2) is 36.4 Å². The van der Waals surface area contributed by atoms with Crippen molar-refractivity contribution in [3.63, 3.8) is 0 Å². The molecule has 156 valence electrons. The summed E-state index contributed by atoms with van der Waals surface area (Å²) >= 11 is 0. The lowest BCUT2D eigenvalue weighted by Crippen LogP contribution is -2.25. The lowest BCUT2D eigenvalue weighted by atomic mass is 10.1. The first-order chi connectivity index (χ1) is 14.6. The normalized spacial score (nSPS) is 11.4. The van der Waals surface area contributed by atoms with Crippen molar-refractivity contribution in [2.75, 3.05) is 13.1 Å². The Hall–Kier alpha value is -3.23. The van der Waals surface area contributed by atoms with Gasteiger partial charge in [-0.05, 0) is 49.2 Å². The first kappa shape index (κ1) is 20.1. The molecule has 0 atom stereocenters. The zero-order valence-corrected chi connectivity index (χ0v) is 17.1. The molecule has 0 aliphatic rings. The van der Waals surface area contributed by atoms with E-state index in [9.17, 15) is 4.79 Å². The first-order valence-corrected chi connectivity index (χ1v) is 10.2. The Morgan fingerprint density at radius 3 is 2.80 bits per heavy atom. The second-order valence-corrected chi connectivity index (χ2v) is 7.43. The van der Waals surface area contributed by atoms with Crippen LogP contribution >= 0.6 is 0 Å². The van der Waals surface area contributed by atoms with Gasteiger partial charge in [-0.25, -0.2) is 9.97 Å². The van der Waals surface area contributed by atoms with Crippen molar-refractivity contribution in [3.8, 4) is 0 Å². The highest BCUT2D eigenvalue weighted by Gasteiger charge is 2.17. The van der Waals surface area contributed by atoms with E-state index in [1.54, 1.807) is 0 Å². The number of carbonyl (C=O) groups excluding carboxylic acids is 1. The number of hydrogen-bond donors (Lipinski definition) is 4. The number of para-hydroxylation sites is 1. The van der Waals surface area contributed by atoms with E-state index in [0.29, 0.717) is 31.6 Å². The van der Waals surface area contributed by atoms with Gasteiger partial charge < -0.3 is 26.3 Å². The highest BCUT2D eigenvalue weighted by atomic mass is 16.1. The topological polar surface area (TPSA) is 128 Å². The second-order valence-electron chi connectivity index (χ2n) is 7.43. The van der Waals surface area contributed by atoms with E-state index >= 15 is 0 Å². The van der Waals surface area contributed by atoms with Crippen LogP contribution in [0.25, 0.3) is 22.1 Å². The molecule has 6 N–H and O–H groups in total. The Morgan fingerprint density at radius 1 is 1.13 bits per heavy atom. The third-order valence-electron chi connectivity index (χ3n) is 5.30. The number of H-pyrrole nitrogens is 1. The summed E-state index contributed by atoms with van der Waals surface area (Å²) in [6.07, 6.45) is 2.30. The molecular weight excluding hydrogens is 378 g/mol. The molecule has 0 fully saturated rings. The highest BCUT2D eigenvalue weighted by Crippen LogP contribution is 2.22. The minimum Gasteiger partial charge on any atom is -0.352 e. The van der Waals surface area contributed by atoms with Gasteiger partial charge in [0, 0.05) is 20.1 Å². The molecular formula is C22H27N7O. The SMILES string of the molecule is Cn1c(Cc2nc3ccc(CN)cc3[nH]2)nc2cccc(C(=O)NCCCCN)c21. The predicted molar refractivity (Wildman–Crippen MR) is 118 cm³/mol. The fourth-order valence-corrected chi connectivity index (χ4v) is 3.70. The molecule has 8 nitrogen and oxygen atoms in total. The summed E-state index contributed by atoms with van der Waals surface area (Å²) in [5.41, 5.74) is 16.4. The van der Waals surface area contributed by atoms with Gasteiger partial charge in [-0.1, -0.05) is 12.1 Å². The van der Waals surface area contributed by atoms with Crippen molar-refractivity contribution in [1.82, 2.24) is 24.8 Å². The van der Waals surface area contributed by atoms with E-state index in [2.05, 4.69) is 15.3 Å². The fourth-order valence-electron chi connectivity index (χ4n) is 3.70. The van der Waals surface area contributed by atoms with Gasteiger partial charge in [-0.15, -0.1) is 0 Å². The number of carbonyl (C=O) groups is 1.